The summed E-state index contributed by atoms with van der Waals surface area (Å²) in [6.45, 7) is 3.92. The normalized spacial score (nSPS) is 15.6. The molecule has 1 aliphatic heterocycles. The van der Waals surface area contributed by atoms with Crippen LogP contribution >= 0.6 is 35.0 Å². The predicted molar refractivity (Wildman–Crippen MR) is 107 cm³/mol. The molecule has 4 nitrogen and oxygen atoms in total. The first-order valence-corrected chi connectivity index (χ1v) is 9.14. The van der Waals surface area contributed by atoms with E-state index in [1.165, 1.54) is 0 Å². The topological polar surface area (TPSA) is 46.6 Å². The number of anilines is 1. The van der Waals surface area contributed by atoms with Crippen LogP contribution in [0.4, 0.5) is 10.5 Å². The molecule has 0 aromatic heterocycles. The van der Waals surface area contributed by atoms with Crippen LogP contribution in [0, 0.1) is 0 Å². The van der Waals surface area contributed by atoms with Gasteiger partial charge in [-0.2, -0.15) is 0 Å². The van der Waals surface area contributed by atoms with Crippen molar-refractivity contribution in [2.24, 2.45) is 0 Å². The minimum atomic E-state index is -0.420. The Labute approximate surface area is 165 Å². The van der Waals surface area contributed by atoms with E-state index in [1.807, 2.05) is 0 Å². The van der Waals surface area contributed by atoms with Crippen molar-refractivity contribution in [1.29, 1.82) is 0 Å². The van der Waals surface area contributed by atoms with Crippen LogP contribution < -0.4 is 9.64 Å². The first kappa shape index (κ1) is 18.6. The summed E-state index contributed by atoms with van der Waals surface area (Å²) in [6.07, 6.45) is 3.24. The van der Waals surface area contributed by atoms with Gasteiger partial charge in [0.15, 0.2) is 0 Å². The maximum atomic E-state index is 12.7. The number of thioether (sulfide) groups is 1. The van der Waals surface area contributed by atoms with Crippen LogP contribution in [-0.4, -0.2) is 17.8 Å². The van der Waals surface area contributed by atoms with Gasteiger partial charge in [0.05, 0.1) is 20.6 Å². The summed E-state index contributed by atoms with van der Waals surface area (Å²) < 4.78 is 5.42. The summed E-state index contributed by atoms with van der Waals surface area (Å²) in [4.78, 5) is 26.3. The molecule has 0 spiro atoms. The third kappa shape index (κ3) is 3.80. The summed E-state index contributed by atoms with van der Waals surface area (Å²) in [6, 6.07) is 11.8. The van der Waals surface area contributed by atoms with Gasteiger partial charge in [-0.1, -0.05) is 54.1 Å². The van der Waals surface area contributed by atoms with E-state index < -0.39 is 11.1 Å². The van der Waals surface area contributed by atoms with Crippen LogP contribution in [0.15, 0.2) is 60.0 Å². The van der Waals surface area contributed by atoms with Crippen LogP contribution in [0.1, 0.15) is 5.56 Å². The monoisotopic (exact) mass is 405 g/mol. The van der Waals surface area contributed by atoms with E-state index in [-0.39, 0.29) is 0 Å². The van der Waals surface area contributed by atoms with Gasteiger partial charge in [0, 0.05) is 0 Å². The van der Waals surface area contributed by atoms with Crippen LogP contribution in [0.2, 0.25) is 10.0 Å². The summed E-state index contributed by atoms with van der Waals surface area (Å²) in [5.74, 6) is 0.101. The van der Waals surface area contributed by atoms with Gasteiger partial charge >= 0.3 is 0 Å². The lowest BCUT2D eigenvalue weighted by atomic mass is 10.2. The number of amides is 2. The maximum Gasteiger partial charge on any atom is 0.298 e. The van der Waals surface area contributed by atoms with Gasteiger partial charge in [-0.05, 0) is 47.7 Å². The van der Waals surface area contributed by atoms with Gasteiger partial charge in [-0.15, -0.1) is 0 Å². The molecule has 0 unspecified atom stereocenters. The Hall–Kier alpha value is -2.21. The molecule has 3 rings (SSSR count). The Bertz CT molecular complexity index is 927. The molecule has 0 aliphatic carbocycles. The fraction of sp³-hybridized carbons (Fsp3) is 0.0526. The first-order valence-electron chi connectivity index (χ1n) is 7.57. The highest BCUT2D eigenvalue weighted by molar-refractivity contribution is 8.19. The van der Waals surface area contributed by atoms with Crippen LogP contribution in [-0.2, 0) is 4.79 Å². The van der Waals surface area contributed by atoms with Crippen molar-refractivity contribution in [2.75, 3.05) is 11.5 Å². The molecule has 1 aliphatic rings. The standard InChI is InChI=1S/C19H13Cl2NO3S/c1-2-9-25-16-8-7-12(10-14(16)21)11-17-18(23)22(19(24)26-17)15-6-4-3-5-13(15)20/h2-8,10-11H,1,9H2/b17-11-. The second kappa shape index (κ2) is 7.99. The van der Waals surface area contributed by atoms with Gasteiger partial charge in [-0.3, -0.25) is 9.59 Å². The lowest BCUT2D eigenvalue weighted by Gasteiger charge is -2.13. The zero-order valence-corrected chi connectivity index (χ0v) is 15.8. The minimum Gasteiger partial charge on any atom is -0.488 e. The molecule has 132 valence electrons. The van der Waals surface area contributed by atoms with Crippen LogP contribution in [0.3, 0.4) is 0 Å². The number of hydrogen-bond donors (Lipinski definition) is 0. The van der Waals surface area contributed by atoms with E-state index in [9.17, 15) is 9.59 Å². The molecule has 2 amide bonds. The zero-order valence-electron chi connectivity index (χ0n) is 13.4. The minimum absolute atomic E-state index is 0.297. The molecule has 1 heterocycles. The number of para-hydroxylation sites is 1. The third-order valence-electron chi connectivity index (χ3n) is 3.50. The Morgan fingerprint density at radius 3 is 2.58 bits per heavy atom. The predicted octanol–water partition coefficient (Wildman–Crippen LogP) is 5.80. The number of carbonyl (C=O) groups excluding carboxylic acids is 2. The number of hydrogen-bond acceptors (Lipinski definition) is 4. The fourth-order valence-electron chi connectivity index (χ4n) is 2.33. The second-order valence-corrected chi connectivity index (χ2v) is 7.07. The van der Waals surface area contributed by atoms with Gasteiger partial charge in [-0.25, -0.2) is 4.90 Å². The Morgan fingerprint density at radius 1 is 1.12 bits per heavy atom. The fourth-order valence-corrected chi connectivity index (χ4v) is 3.63. The Morgan fingerprint density at radius 2 is 1.88 bits per heavy atom. The summed E-state index contributed by atoms with van der Waals surface area (Å²) in [5.41, 5.74) is 1.05. The molecule has 0 bridgehead atoms. The lowest BCUT2D eigenvalue weighted by Crippen LogP contribution is -2.27. The number of nitrogens with zero attached hydrogens (tertiary/aromatic N) is 1. The van der Waals surface area contributed by atoms with E-state index in [1.54, 1.807) is 54.6 Å². The molecule has 1 fully saturated rings. The van der Waals surface area contributed by atoms with E-state index in [4.69, 9.17) is 27.9 Å². The number of ether oxygens (including phenoxy) is 1. The summed E-state index contributed by atoms with van der Waals surface area (Å²) >= 11 is 13.2. The van der Waals surface area contributed by atoms with Crippen molar-refractivity contribution in [2.45, 2.75) is 0 Å². The molecular formula is C19H13Cl2NO3S. The maximum absolute atomic E-state index is 12.7. The van der Waals surface area contributed by atoms with Gasteiger partial charge < -0.3 is 4.74 Å². The van der Waals surface area contributed by atoms with Crippen molar-refractivity contribution >= 4 is 57.9 Å². The summed E-state index contributed by atoms with van der Waals surface area (Å²) in [7, 11) is 0. The molecular weight excluding hydrogens is 393 g/mol. The molecule has 0 atom stereocenters. The van der Waals surface area contributed by atoms with Crippen molar-refractivity contribution in [3.05, 3.63) is 75.6 Å². The van der Waals surface area contributed by atoms with Crippen molar-refractivity contribution in [3.63, 3.8) is 0 Å². The summed E-state index contributed by atoms with van der Waals surface area (Å²) in [5, 5.41) is 0.347. The third-order valence-corrected chi connectivity index (χ3v) is 4.98. The molecule has 0 N–H and O–H groups in total. The van der Waals surface area contributed by atoms with Crippen molar-refractivity contribution < 1.29 is 14.3 Å². The van der Waals surface area contributed by atoms with Gasteiger partial charge in [0.1, 0.15) is 12.4 Å². The molecule has 1 saturated heterocycles. The van der Waals surface area contributed by atoms with E-state index >= 15 is 0 Å². The second-order valence-electron chi connectivity index (χ2n) is 5.26. The number of carbonyl (C=O) groups is 2. The smallest absolute Gasteiger partial charge is 0.298 e. The van der Waals surface area contributed by atoms with Crippen molar-refractivity contribution in [1.82, 2.24) is 0 Å². The Kier molecular flexibility index (Phi) is 5.71. The van der Waals surface area contributed by atoms with E-state index in [2.05, 4.69) is 6.58 Å². The van der Waals surface area contributed by atoms with E-state index in [0.717, 1.165) is 16.7 Å². The molecule has 0 radical (unpaired) electrons. The number of halogens is 2. The molecule has 2 aromatic rings. The van der Waals surface area contributed by atoms with Gasteiger partial charge in [0.25, 0.3) is 11.1 Å². The number of rotatable bonds is 5. The molecule has 2 aromatic carbocycles. The largest absolute Gasteiger partial charge is 0.488 e. The average molecular weight is 406 g/mol. The highest BCUT2D eigenvalue weighted by atomic mass is 35.5. The highest BCUT2D eigenvalue weighted by Crippen LogP contribution is 2.38. The molecule has 26 heavy (non-hydrogen) atoms. The van der Waals surface area contributed by atoms with E-state index in [0.29, 0.717) is 38.6 Å². The molecule has 0 saturated carbocycles. The first-order chi connectivity index (χ1) is 12.5. The number of benzene rings is 2. The highest BCUT2D eigenvalue weighted by Gasteiger charge is 2.37. The average Bonchev–Trinajstić information content (AvgIpc) is 2.88. The van der Waals surface area contributed by atoms with Crippen LogP contribution in [0.25, 0.3) is 6.08 Å². The Balaban J connectivity index is 1.87. The SMILES string of the molecule is C=CCOc1ccc(/C=C2\SC(=O)N(c3ccccc3Cl)C2=O)cc1Cl. The van der Waals surface area contributed by atoms with Crippen molar-refractivity contribution in [3.8, 4) is 5.75 Å². The quantitative estimate of drug-likeness (QED) is 0.465. The van der Waals surface area contributed by atoms with Gasteiger partial charge in [0.2, 0.25) is 0 Å². The van der Waals surface area contributed by atoms with Crippen LogP contribution in [0.5, 0.6) is 5.75 Å². The molecule has 7 heteroatoms. The lowest BCUT2D eigenvalue weighted by molar-refractivity contribution is -0.113. The number of imide groups is 1. The zero-order chi connectivity index (χ0) is 18.7.